The summed E-state index contributed by atoms with van der Waals surface area (Å²) >= 11 is 0. The Labute approximate surface area is 108 Å². The number of pyridine rings is 1. The topological polar surface area (TPSA) is 94.0 Å². The Kier molecular flexibility index (Phi) is 5.09. The highest BCUT2D eigenvalue weighted by Crippen LogP contribution is 2.22. The molecule has 1 aromatic heterocycles. The van der Waals surface area contributed by atoms with Crippen molar-refractivity contribution in [3.05, 3.63) is 24.0 Å². The molecule has 0 aliphatic heterocycles. The van der Waals surface area contributed by atoms with Crippen molar-refractivity contribution in [1.29, 1.82) is 0 Å². The Hall–Kier alpha value is -1.62. The first kappa shape index (κ1) is 14.4. The van der Waals surface area contributed by atoms with Crippen molar-refractivity contribution in [2.75, 3.05) is 18.4 Å². The van der Waals surface area contributed by atoms with Crippen molar-refractivity contribution < 1.29 is 4.79 Å². The van der Waals surface area contributed by atoms with Crippen LogP contribution in [-0.2, 0) is 0 Å². The van der Waals surface area contributed by atoms with Crippen molar-refractivity contribution in [3.8, 4) is 0 Å². The van der Waals surface area contributed by atoms with Crippen LogP contribution >= 0.6 is 0 Å². The van der Waals surface area contributed by atoms with E-state index in [-0.39, 0.29) is 11.1 Å². The highest BCUT2D eigenvalue weighted by atomic mass is 16.1. The van der Waals surface area contributed by atoms with E-state index in [2.05, 4.69) is 24.1 Å². The lowest BCUT2D eigenvalue weighted by Gasteiger charge is -2.25. The summed E-state index contributed by atoms with van der Waals surface area (Å²) in [6.45, 7) is 5.90. The lowest BCUT2D eigenvalue weighted by molar-refractivity contribution is 0.0995. The molecule has 0 aliphatic carbocycles. The zero-order chi connectivity index (χ0) is 13.6. The van der Waals surface area contributed by atoms with Gasteiger partial charge in [0.1, 0.15) is 5.69 Å². The molecule has 0 unspecified atom stereocenters. The molecule has 5 nitrogen and oxygen atoms in total. The summed E-state index contributed by atoms with van der Waals surface area (Å²) < 4.78 is 0. The minimum atomic E-state index is -0.513. The maximum absolute atomic E-state index is 11.0. The number of aromatic nitrogens is 1. The van der Waals surface area contributed by atoms with Gasteiger partial charge in [0, 0.05) is 18.4 Å². The van der Waals surface area contributed by atoms with Gasteiger partial charge >= 0.3 is 0 Å². The number of rotatable bonds is 7. The molecule has 0 radical (unpaired) electrons. The molecule has 0 fully saturated rings. The first-order chi connectivity index (χ1) is 8.44. The van der Waals surface area contributed by atoms with Gasteiger partial charge in [-0.05, 0) is 36.9 Å². The molecule has 0 spiro atoms. The van der Waals surface area contributed by atoms with Crippen molar-refractivity contribution in [2.45, 2.75) is 26.7 Å². The third kappa shape index (κ3) is 4.71. The Morgan fingerprint density at radius 3 is 2.83 bits per heavy atom. The highest BCUT2D eigenvalue weighted by molar-refractivity contribution is 5.91. The molecule has 5 heteroatoms. The standard InChI is InChI=1S/C13H22N4O/c1-13(2,5-3-6-14)9-17-10-4-7-16-11(8-10)12(15)18/h4,7-8H,3,5-6,9,14H2,1-2H3,(H2,15,18)(H,16,17). The van der Waals surface area contributed by atoms with Gasteiger partial charge in [0.05, 0.1) is 0 Å². The molecule has 18 heavy (non-hydrogen) atoms. The van der Waals surface area contributed by atoms with Crippen molar-refractivity contribution in [3.63, 3.8) is 0 Å². The number of nitrogens with one attached hydrogen (secondary N) is 1. The van der Waals surface area contributed by atoms with Crippen LogP contribution in [0.3, 0.4) is 0 Å². The molecule has 100 valence electrons. The minimum absolute atomic E-state index is 0.162. The predicted molar refractivity (Wildman–Crippen MR) is 73.3 cm³/mol. The van der Waals surface area contributed by atoms with Crippen LogP contribution in [0, 0.1) is 5.41 Å². The van der Waals surface area contributed by atoms with Gasteiger partial charge in [-0.1, -0.05) is 13.8 Å². The second kappa shape index (κ2) is 6.35. The van der Waals surface area contributed by atoms with E-state index in [4.69, 9.17) is 11.5 Å². The van der Waals surface area contributed by atoms with Crippen LogP contribution in [0.2, 0.25) is 0 Å². The van der Waals surface area contributed by atoms with Crippen LogP contribution < -0.4 is 16.8 Å². The van der Waals surface area contributed by atoms with Gasteiger partial charge in [-0.2, -0.15) is 0 Å². The maximum atomic E-state index is 11.0. The summed E-state index contributed by atoms with van der Waals surface area (Å²) in [5.41, 5.74) is 12.0. The van der Waals surface area contributed by atoms with Gasteiger partial charge < -0.3 is 16.8 Å². The molecule has 0 bridgehead atoms. The number of primary amides is 1. The number of carbonyl (C=O) groups excluding carboxylic acids is 1. The second-order valence-corrected chi connectivity index (χ2v) is 5.20. The molecule has 1 aromatic rings. The number of nitrogens with two attached hydrogens (primary N) is 2. The van der Waals surface area contributed by atoms with E-state index in [9.17, 15) is 4.79 Å². The fourth-order valence-corrected chi connectivity index (χ4v) is 1.69. The van der Waals surface area contributed by atoms with E-state index in [0.29, 0.717) is 6.54 Å². The summed E-state index contributed by atoms with van der Waals surface area (Å²) in [5.74, 6) is -0.513. The molecule has 0 aliphatic rings. The summed E-state index contributed by atoms with van der Waals surface area (Å²) in [6, 6.07) is 3.49. The molecular formula is C13H22N4O. The molecule has 5 N–H and O–H groups in total. The van der Waals surface area contributed by atoms with Crippen molar-refractivity contribution >= 4 is 11.6 Å². The Balaban J connectivity index is 2.57. The highest BCUT2D eigenvalue weighted by Gasteiger charge is 2.16. The molecule has 0 atom stereocenters. The number of hydrogen-bond donors (Lipinski definition) is 3. The van der Waals surface area contributed by atoms with E-state index in [1.54, 1.807) is 12.3 Å². The molecule has 1 heterocycles. The fraction of sp³-hybridized carbons (Fsp3) is 0.538. The average Bonchev–Trinajstić information content (AvgIpc) is 2.34. The van der Waals surface area contributed by atoms with Gasteiger partial charge in [0.25, 0.3) is 5.91 Å². The molecule has 0 saturated carbocycles. The first-order valence-electron chi connectivity index (χ1n) is 6.14. The Morgan fingerprint density at radius 1 is 1.50 bits per heavy atom. The quantitative estimate of drug-likeness (QED) is 0.681. The second-order valence-electron chi connectivity index (χ2n) is 5.20. The van der Waals surface area contributed by atoms with E-state index < -0.39 is 5.91 Å². The number of hydrogen-bond acceptors (Lipinski definition) is 4. The van der Waals surface area contributed by atoms with E-state index >= 15 is 0 Å². The smallest absolute Gasteiger partial charge is 0.267 e. The lowest BCUT2D eigenvalue weighted by atomic mass is 9.87. The van der Waals surface area contributed by atoms with Crippen molar-refractivity contribution in [2.24, 2.45) is 16.9 Å². The van der Waals surface area contributed by atoms with Crippen LogP contribution in [0.25, 0.3) is 0 Å². The zero-order valence-corrected chi connectivity index (χ0v) is 11.1. The maximum Gasteiger partial charge on any atom is 0.267 e. The van der Waals surface area contributed by atoms with Gasteiger partial charge in [0.15, 0.2) is 0 Å². The third-order valence-electron chi connectivity index (χ3n) is 2.84. The van der Waals surface area contributed by atoms with Crippen LogP contribution in [0.1, 0.15) is 37.2 Å². The van der Waals surface area contributed by atoms with E-state index in [1.165, 1.54) is 0 Å². The molecule has 1 rings (SSSR count). The zero-order valence-electron chi connectivity index (χ0n) is 11.1. The van der Waals surface area contributed by atoms with Crippen LogP contribution in [0.4, 0.5) is 5.69 Å². The van der Waals surface area contributed by atoms with Crippen LogP contribution in [0.15, 0.2) is 18.3 Å². The predicted octanol–water partition coefficient (Wildman–Crippen LogP) is 1.36. The molecular weight excluding hydrogens is 228 g/mol. The SMILES string of the molecule is CC(C)(CCCN)CNc1ccnc(C(N)=O)c1. The van der Waals surface area contributed by atoms with Gasteiger partial charge in [-0.25, -0.2) is 0 Å². The first-order valence-corrected chi connectivity index (χ1v) is 6.14. The Morgan fingerprint density at radius 2 is 2.22 bits per heavy atom. The monoisotopic (exact) mass is 250 g/mol. The van der Waals surface area contributed by atoms with E-state index in [1.807, 2.05) is 6.07 Å². The minimum Gasteiger partial charge on any atom is -0.384 e. The average molecular weight is 250 g/mol. The molecule has 0 saturated heterocycles. The Bertz CT molecular complexity index is 404. The van der Waals surface area contributed by atoms with Crippen LogP contribution in [0.5, 0.6) is 0 Å². The van der Waals surface area contributed by atoms with Gasteiger partial charge in [-0.15, -0.1) is 0 Å². The lowest BCUT2D eigenvalue weighted by Crippen LogP contribution is -2.24. The van der Waals surface area contributed by atoms with Gasteiger partial charge in [-0.3, -0.25) is 9.78 Å². The summed E-state index contributed by atoms with van der Waals surface area (Å²) in [6.07, 6.45) is 3.65. The number of amides is 1. The largest absolute Gasteiger partial charge is 0.384 e. The third-order valence-corrected chi connectivity index (χ3v) is 2.84. The summed E-state index contributed by atoms with van der Waals surface area (Å²) in [7, 11) is 0. The number of nitrogens with zero attached hydrogens (tertiary/aromatic N) is 1. The number of anilines is 1. The molecule has 0 aromatic carbocycles. The number of carbonyl (C=O) groups is 1. The molecule has 1 amide bonds. The fourth-order valence-electron chi connectivity index (χ4n) is 1.69. The summed E-state index contributed by atoms with van der Waals surface area (Å²) in [4.78, 5) is 14.9. The van der Waals surface area contributed by atoms with E-state index in [0.717, 1.165) is 25.1 Å². The summed E-state index contributed by atoms with van der Waals surface area (Å²) in [5, 5.41) is 3.30. The van der Waals surface area contributed by atoms with Gasteiger partial charge in [0.2, 0.25) is 0 Å². The van der Waals surface area contributed by atoms with Crippen molar-refractivity contribution in [1.82, 2.24) is 4.98 Å². The van der Waals surface area contributed by atoms with Crippen LogP contribution in [-0.4, -0.2) is 24.0 Å². The normalized spacial score (nSPS) is 11.3.